The van der Waals surface area contributed by atoms with Crippen LogP contribution >= 0.6 is 11.3 Å². The van der Waals surface area contributed by atoms with Crippen LogP contribution in [-0.4, -0.2) is 65.7 Å². The number of nitrogens with zero attached hydrogens (tertiary/aromatic N) is 5. The molecule has 2 N–H and O–H groups in total. The number of rotatable bonds is 8. The first kappa shape index (κ1) is 24.8. The van der Waals surface area contributed by atoms with E-state index < -0.39 is 0 Å². The first-order chi connectivity index (χ1) is 18.0. The van der Waals surface area contributed by atoms with Gasteiger partial charge in [0.15, 0.2) is 17.3 Å². The number of fused-ring (bicyclic) bond motifs is 1. The fraction of sp³-hybridized carbons (Fsp3) is 0.333. The monoisotopic (exact) mass is 518 g/mol. The van der Waals surface area contributed by atoms with Gasteiger partial charge in [0.25, 0.3) is 5.91 Å². The zero-order valence-electron chi connectivity index (χ0n) is 21.0. The largest absolute Gasteiger partial charge is 0.497 e. The minimum Gasteiger partial charge on any atom is -0.497 e. The normalized spacial score (nSPS) is 13.7. The fourth-order valence-electron chi connectivity index (χ4n) is 4.28. The number of nitrogens with two attached hydrogens (primary N) is 1. The third-order valence-corrected chi connectivity index (χ3v) is 7.41. The first-order valence-electron chi connectivity index (χ1n) is 12.3. The van der Waals surface area contributed by atoms with Gasteiger partial charge in [0.1, 0.15) is 17.0 Å². The molecule has 2 aromatic carbocycles. The molecular formula is C27H30N6O3S. The van der Waals surface area contributed by atoms with Gasteiger partial charge in [0.2, 0.25) is 5.95 Å². The summed E-state index contributed by atoms with van der Waals surface area (Å²) in [5, 5.41) is 1.02. The molecule has 0 bridgehead atoms. The van der Waals surface area contributed by atoms with Gasteiger partial charge in [-0.2, -0.15) is 4.98 Å². The molecule has 5 rings (SSSR count). The van der Waals surface area contributed by atoms with Gasteiger partial charge in [-0.15, -0.1) is 0 Å². The number of benzene rings is 2. The molecule has 1 saturated heterocycles. The van der Waals surface area contributed by atoms with Crippen LogP contribution < -0.4 is 20.1 Å². The Morgan fingerprint density at radius 1 is 0.946 bits per heavy atom. The molecule has 192 valence electrons. The molecule has 0 aliphatic carbocycles. The third kappa shape index (κ3) is 5.91. The highest BCUT2D eigenvalue weighted by molar-refractivity contribution is 7.18. The third-order valence-electron chi connectivity index (χ3n) is 6.40. The summed E-state index contributed by atoms with van der Waals surface area (Å²) in [6, 6.07) is 15.8. The van der Waals surface area contributed by atoms with Crippen molar-refractivity contribution in [3.63, 3.8) is 0 Å². The number of amides is 1. The molecular weight excluding hydrogens is 488 g/mol. The highest BCUT2D eigenvalue weighted by atomic mass is 32.1. The van der Waals surface area contributed by atoms with Gasteiger partial charge < -0.3 is 25.0 Å². The topological polar surface area (TPSA) is 107 Å². The van der Waals surface area contributed by atoms with Crippen LogP contribution in [0.2, 0.25) is 0 Å². The number of carbonyl (C=O) groups is 1. The van der Waals surface area contributed by atoms with Crippen molar-refractivity contribution < 1.29 is 14.3 Å². The maximum Gasteiger partial charge on any atom is 0.260 e. The second-order valence-corrected chi connectivity index (χ2v) is 10.0. The lowest BCUT2D eigenvalue weighted by atomic mass is 10.1. The van der Waals surface area contributed by atoms with Crippen molar-refractivity contribution in [2.45, 2.75) is 19.8 Å². The summed E-state index contributed by atoms with van der Waals surface area (Å²) in [7, 11) is 1.61. The number of hydrogen-bond acceptors (Lipinski definition) is 9. The van der Waals surface area contributed by atoms with Crippen LogP contribution in [-0.2, 0) is 17.6 Å². The summed E-state index contributed by atoms with van der Waals surface area (Å²) in [5.41, 5.74) is 9.37. The zero-order chi connectivity index (χ0) is 25.8. The van der Waals surface area contributed by atoms with Crippen molar-refractivity contribution >= 4 is 39.4 Å². The molecule has 4 aromatic rings. The van der Waals surface area contributed by atoms with Crippen molar-refractivity contribution in [3.05, 3.63) is 64.7 Å². The van der Waals surface area contributed by atoms with Crippen LogP contribution in [0.15, 0.2) is 48.5 Å². The van der Waals surface area contributed by atoms with Crippen LogP contribution in [0.5, 0.6) is 11.5 Å². The van der Waals surface area contributed by atoms with Crippen LogP contribution in [0.25, 0.3) is 10.3 Å². The SMILES string of the molecule is COc1ccc(OCC(=O)N2CCN(c3nc(N)nc4sc(CCc5ccc(C)cc5)nc34)CC2)cc1. The predicted octanol–water partition coefficient (Wildman–Crippen LogP) is 3.50. The van der Waals surface area contributed by atoms with Gasteiger partial charge in [-0.05, 0) is 43.2 Å². The van der Waals surface area contributed by atoms with E-state index >= 15 is 0 Å². The molecule has 0 radical (unpaired) electrons. The highest BCUT2D eigenvalue weighted by Gasteiger charge is 2.25. The Labute approximate surface area is 219 Å². The lowest BCUT2D eigenvalue weighted by Crippen LogP contribution is -2.50. The summed E-state index contributed by atoms with van der Waals surface area (Å²) in [4.78, 5) is 31.3. The molecule has 2 aromatic heterocycles. The number of aryl methyl sites for hydroxylation is 3. The van der Waals surface area contributed by atoms with Gasteiger partial charge in [-0.3, -0.25) is 4.79 Å². The molecule has 0 unspecified atom stereocenters. The van der Waals surface area contributed by atoms with Crippen molar-refractivity contribution in [2.75, 3.05) is 50.5 Å². The number of nitrogen functional groups attached to an aromatic ring is 1. The Morgan fingerprint density at radius 2 is 1.65 bits per heavy atom. The average molecular weight is 519 g/mol. The number of carbonyl (C=O) groups excluding carboxylic acids is 1. The minimum absolute atomic E-state index is 0.00649. The van der Waals surface area contributed by atoms with E-state index in [-0.39, 0.29) is 18.5 Å². The van der Waals surface area contributed by atoms with Crippen molar-refractivity contribution in [2.24, 2.45) is 0 Å². The second-order valence-electron chi connectivity index (χ2n) is 8.98. The molecule has 9 nitrogen and oxygen atoms in total. The van der Waals surface area contributed by atoms with E-state index in [1.54, 1.807) is 42.7 Å². The molecule has 37 heavy (non-hydrogen) atoms. The Morgan fingerprint density at radius 3 is 2.35 bits per heavy atom. The van der Waals surface area contributed by atoms with Gasteiger partial charge in [-0.25, -0.2) is 9.97 Å². The summed E-state index contributed by atoms with van der Waals surface area (Å²) in [6.45, 7) is 4.49. The lowest BCUT2D eigenvalue weighted by molar-refractivity contribution is -0.133. The predicted molar refractivity (Wildman–Crippen MR) is 145 cm³/mol. The molecule has 10 heteroatoms. The summed E-state index contributed by atoms with van der Waals surface area (Å²) >= 11 is 1.57. The first-order valence-corrected chi connectivity index (χ1v) is 13.1. The summed E-state index contributed by atoms with van der Waals surface area (Å²) in [6.07, 6.45) is 1.75. The standard InChI is InChI=1S/C27H30N6O3S/c1-18-3-5-19(6-4-18)7-12-22-29-24-25(30-27(28)31-26(24)37-22)33-15-13-32(14-16-33)23(34)17-36-21-10-8-20(35-2)9-11-21/h3-6,8-11H,7,12-17H2,1-2H3,(H2,28,30,31). The molecule has 1 fully saturated rings. The number of hydrogen-bond donors (Lipinski definition) is 1. The van der Waals surface area contributed by atoms with Crippen molar-refractivity contribution in [3.8, 4) is 11.5 Å². The Bertz CT molecular complexity index is 1370. The average Bonchev–Trinajstić information content (AvgIpc) is 3.34. The molecule has 1 aliphatic rings. The van der Waals surface area contributed by atoms with Crippen LogP contribution in [0.4, 0.5) is 11.8 Å². The number of anilines is 2. The summed E-state index contributed by atoms with van der Waals surface area (Å²) < 4.78 is 10.8. The van der Waals surface area contributed by atoms with E-state index in [1.165, 1.54) is 11.1 Å². The molecule has 0 spiro atoms. The van der Waals surface area contributed by atoms with E-state index in [0.29, 0.717) is 31.9 Å². The number of thiazole rings is 1. The van der Waals surface area contributed by atoms with Crippen molar-refractivity contribution in [1.29, 1.82) is 0 Å². The maximum atomic E-state index is 12.7. The Balaban J connectivity index is 1.20. The van der Waals surface area contributed by atoms with E-state index in [9.17, 15) is 4.79 Å². The number of ether oxygens (including phenoxy) is 2. The minimum atomic E-state index is -0.0464. The Kier molecular flexibility index (Phi) is 7.36. The summed E-state index contributed by atoms with van der Waals surface area (Å²) in [5.74, 6) is 2.31. The Hall–Kier alpha value is -3.92. The van der Waals surface area contributed by atoms with Crippen LogP contribution in [0, 0.1) is 6.92 Å². The van der Waals surface area contributed by atoms with E-state index in [1.807, 2.05) is 4.90 Å². The lowest BCUT2D eigenvalue weighted by Gasteiger charge is -2.35. The van der Waals surface area contributed by atoms with Crippen LogP contribution in [0.3, 0.4) is 0 Å². The molecule has 1 amide bonds. The molecule has 3 heterocycles. The smallest absolute Gasteiger partial charge is 0.260 e. The van der Waals surface area contributed by atoms with E-state index in [4.69, 9.17) is 20.2 Å². The number of piperazine rings is 1. The highest BCUT2D eigenvalue weighted by Crippen LogP contribution is 2.30. The maximum absolute atomic E-state index is 12.7. The van der Waals surface area contributed by atoms with Gasteiger partial charge in [0, 0.05) is 32.6 Å². The molecule has 0 saturated carbocycles. The second kappa shape index (κ2) is 11.0. The van der Waals surface area contributed by atoms with Crippen molar-refractivity contribution in [1.82, 2.24) is 19.9 Å². The van der Waals surface area contributed by atoms with Crippen LogP contribution in [0.1, 0.15) is 16.1 Å². The number of aromatic nitrogens is 3. The molecule has 0 atom stereocenters. The quantitative estimate of drug-likeness (QED) is 0.378. The van der Waals surface area contributed by atoms with E-state index in [2.05, 4.69) is 46.1 Å². The number of methoxy groups -OCH3 is 1. The zero-order valence-corrected chi connectivity index (χ0v) is 21.8. The molecule has 1 aliphatic heterocycles. The fourth-order valence-corrected chi connectivity index (χ4v) is 5.21. The van der Waals surface area contributed by atoms with E-state index in [0.717, 1.165) is 39.8 Å². The van der Waals surface area contributed by atoms with Gasteiger partial charge >= 0.3 is 0 Å². The van der Waals surface area contributed by atoms with Gasteiger partial charge in [0.05, 0.1) is 12.1 Å². The van der Waals surface area contributed by atoms with Gasteiger partial charge in [-0.1, -0.05) is 41.2 Å².